The van der Waals surface area contributed by atoms with Gasteiger partial charge in [0.15, 0.2) is 7.28 Å². The van der Waals surface area contributed by atoms with E-state index in [1.165, 1.54) is 93.8 Å². The molecule has 3 nitrogen and oxygen atoms in total. The lowest BCUT2D eigenvalue weighted by atomic mass is 9.58. The largest absolute Gasteiger partial charge is 0.456 e. The Morgan fingerprint density at radius 2 is 1.29 bits per heavy atom. The minimum absolute atomic E-state index is 0.0169. The van der Waals surface area contributed by atoms with Crippen molar-refractivity contribution in [3.8, 4) is 39.1 Å². The number of aromatic nitrogens is 1. The Bertz CT molecular complexity index is 3770. The molecule has 1 aliphatic carbocycles. The highest BCUT2D eigenvalue weighted by molar-refractivity contribution is 7.05. The minimum Gasteiger partial charge on any atom is -0.456 e. The van der Waals surface area contributed by atoms with Gasteiger partial charge in [0.25, 0.3) is 0 Å². The molecule has 4 heterocycles. The van der Waals surface area contributed by atoms with Crippen molar-refractivity contribution in [2.45, 2.75) is 84.7 Å². The fourth-order valence-electron chi connectivity index (χ4n) is 12.2. The first kappa shape index (κ1) is 39.8. The summed E-state index contributed by atoms with van der Waals surface area (Å²) in [7, 11) is 0.179. The van der Waals surface area contributed by atoms with Crippen LogP contribution in [0.3, 0.4) is 0 Å². The molecule has 13 rings (SSSR count). The number of nitrogens with one attached hydrogen (secondary N) is 1. The Labute approximate surface area is 389 Å². The Morgan fingerprint density at radius 1 is 0.591 bits per heavy atom. The van der Waals surface area contributed by atoms with Crippen molar-refractivity contribution in [2.24, 2.45) is 0 Å². The quantitative estimate of drug-likeness (QED) is 0.179. The Kier molecular flexibility index (Phi) is 7.88. The molecule has 10 aromatic rings. The first-order chi connectivity index (χ1) is 31.5. The lowest BCUT2D eigenvalue weighted by Gasteiger charge is -2.29. The van der Waals surface area contributed by atoms with Crippen LogP contribution in [0.15, 0.2) is 144 Å². The highest BCUT2D eigenvalue weighted by Gasteiger charge is 2.45. The topological polar surface area (TPSA) is 30.1 Å². The maximum absolute atomic E-state index is 6.65. The van der Waals surface area contributed by atoms with Crippen LogP contribution in [0, 0.1) is 0 Å². The number of para-hydroxylation sites is 1. The lowest BCUT2D eigenvalue weighted by molar-refractivity contribution is 0.590. The Morgan fingerprint density at radius 3 is 2.06 bits per heavy atom. The first-order valence-corrected chi connectivity index (χ1v) is 26.8. The van der Waals surface area contributed by atoms with Gasteiger partial charge in [0.1, 0.15) is 19.2 Å². The average Bonchev–Trinajstić information content (AvgIpc) is 3.96. The molecule has 0 amide bonds. The molecule has 0 atom stereocenters. The number of rotatable bonds is 3. The van der Waals surface area contributed by atoms with Gasteiger partial charge in [-0.3, -0.25) is 0 Å². The zero-order valence-corrected chi connectivity index (χ0v) is 40.7. The first-order valence-electron chi connectivity index (χ1n) is 23.8. The highest BCUT2D eigenvalue weighted by atomic mass is 28.3. The smallest absolute Gasteiger partial charge is 0.198 e. The van der Waals surface area contributed by atoms with E-state index in [1.54, 1.807) is 5.19 Å². The molecule has 0 saturated carbocycles. The highest BCUT2D eigenvalue weighted by Crippen LogP contribution is 2.53. The minimum atomic E-state index is -2.33. The number of fused-ring (bicyclic) bond motifs is 15. The summed E-state index contributed by atoms with van der Waals surface area (Å²) < 4.78 is 9.28. The molecule has 321 valence electrons. The molecule has 0 unspecified atom stereocenters. The van der Waals surface area contributed by atoms with E-state index in [-0.39, 0.29) is 16.2 Å². The zero-order chi connectivity index (χ0) is 45.4. The van der Waals surface area contributed by atoms with E-state index in [0.717, 1.165) is 38.8 Å². The van der Waals surface area contributed by atoms with Gasteiger partial charge in [0.2, 0.25) is 0 Å². The zero-order valence-electron chi connectivity index (χ0n) is 39.7. The van der Waals surface area contributed by atoms with Crippen molar-refractivity contribution in [2.75, 3.05) is 5.32 Å². The van der Waals surface area contributed by atoms with Crippen LogP contribution in [-0.4, -0.2) is 19.9 Å². The van der Waals surface area contributed by atoms with Crippen LogP contribution < -0.4 is 26.6 Å². The van der Waals surface area contributed by atoms with Crippen LogP contribution in [0.4, 0.5) is 11.4 Å². The van der Waals surface area contributed by atoms with E-state index in [0.29, 0.717) is 0 Å². The van der Waals surface area contributed by atoms with Crippen LogP contribution >= 0.6 is 0 Å². The maximum Gasteiger partial charge on any atom is 0.198 e. The summed E-state index contributed by atoms with van der Waals surface area (Å²) in [5.74, 6) is 0. The van der Waals surface area contributed by atoms with E-state index in [4.69, 9.17) is 4.42 Å². The summed E-state index contributed by atoms with van der Waals surface area (Å²) in [6.45, 7) is 23.9. The van der Waals surface area contributed by atoms with Crippen LogP contribution in [0.5, 0.6) is 0 Å². The number of hydrogen-bond acceptors (Lipinski definition) is 2. The summed E-state index contributed by atoms with van der Waals surface area (Å²) in [4.78, 5) is 0. The van der Waals surface area contributed by atoms with Crippen molar-refractivity contribution in [1.29, 1.82) is 0 Å². The molecule has 1 N–H and O–H groups in total. The van der Waals surface area contributed by atoms with Crippen molar-refractivity contribution in [3.05, 3.63) is 162 Å². The monoisotopic (exact) mass is 869 g/mol. The molecule has 0 saturated heterocycles. The van der Waals surface area contributed by atoms with Gasteiger partial charge in [-0.1, -0.05) is 159 Å². The van der Waals surface area contributed by atoms with E-state index >= 15 is 0 Å². The van der Waals surface area contributed by atoms with E-state index in [1.807, 2.05) is 0 Å². The SMILES string of the molecule is CC(C)(C)c1ccc(Nc2cc3c(cc2-c2c4c(c5c6cc(C(C)(C)C)ccc6n6c5c2[B]c2cc5oc7ccccc7c5cc2-6)[Si](C)(C)c2ccccc2-4)C(C)(C)c2ccccc2-3)cc1. The summed E-state index contributed by atoms with van der Waals surface area (Å²) in [5.41, 5.74) is 23.4. The van der Waals surface area contributed by atoms with Gasteiger partial charge in [-0.05, 0) is 131 Å². The molecule has 66 heavy (non-hydrogen) atoms. The Hall–Kier alpha value is -6.56. The number of benzene rings is 8. The summed E-state index contributed by atoms with van der Waals surface area (Å²) >= 11 is 0. The Balaban J connectivity index is 1.21. The summed E-state index contributed by atoms with van der Waals surface area (Å²) in [6, 6.07) is 53.1. The van der Waals surface area contributed by atoms with Crippen LogP contribution in [0.2, 0.25) is 13.1 Å². The summed E-state index contributed by atoms with van der Waals surface area (Å²) in [6.07, 6.45) is 0. The van der Waals surface area contributed by atoms with Crippen molar-refractivity contribution in [1.82, 2.24) is 4.57 Å². The van der Waals surface area contributed by atoms with Gasteiger partial charge in [-0.15, -0.1) is 0 Å². The van der Waals surface area contributed by atoms with Gasteiger partial charge < -0.3 is 14.3 Å². The van der Waals surface area contributed by atoms with E-state index in [9.17, 15) is 0 Å². The van der Waals surface area contributed by atoms with Crippen molar-refractivity contribution in [3.63, 3.8) is 0 Å². The van der Waals surface area contributed by atoms with E-state index in [2.05, 4.69) is 225 Å². The molecule has 2 aliphatic heterocycles. The van der Waals surface area contributed by atoms with Gasteiger partial charge in [-0.25, -0.2) is 0 Å². The number of nitrogens with zero attached hydrogens (tertiary/aromatic N) is 1. The average molecular weight is 870 g/mol. The molecule has 3 aliphatic rings. The van der Waals surface area contributed by atoms with Crippen molar-refractivity contribution < 1.29 is 4.42 Å². The van der Waals surface area contributed by atoms with Gasteiger partial charge in [0.05, 0.1) is 5.52 Å². The molecular formula is C61H54BN2OSi. The molecule has 2 aromatic heterocycles. The van der Waals surface area contributed by atoms with Gasteiger partial charge in [0, 0.05) is 55.1 Å². The molecule has 1 radical (unpaired) electrons. The van der Waals surface area contributed by atoms with Gasteiger partial charge >= 0.3 is 0 Å². The fourth-order valence-corrected chi connectivity index (χ4v) is 15.6. The molecule has 0 spiro atoms. The third kappa shape index (κ3) is 5.32. The van der Waals surface area contributed by atoms with Crippen LogP contribution in [0.25, 0.3) is 82.8 Å². The second kappa shape index (κ2) is 13.1. The third-order valence-electron chi connectivity index (χ3n) is 15.7. The standard InChI is InChI=1S/C61H54BN2OSi/c1-59(2,3)34-23-26-36(27-24-34)63-47-31-40-37-17-11-14-20-44(37)61(7,8)45(40)30-42(47)53-54-39-19-13-16-22-52(39)66(9,10)58(54)55-43-29-35(60(4,5)6)25-28-48(43)64-49-32-41-38-18-12-15-21-50(38)65-51(41)33-46(49)62-56(53)57(55)64/h11-33,63H,1-10H3. The van der Waals surface area contributed by atoms with Crippen LogP contribution in [0.1, 0.15) is 77.6 Å². The maximum atomic E-state index is 6.65. The molecule has 0 bridgehead atoms. The molecule has 5 heteroatoms. The molecule has 8 aromatic carbocycles. The van der Waals surface area contributed by atoms with Crippen molar-refractivity contribution >= 4 is 91.8 Å². The number of hydrogen-bond donors (Lipinski definition) is 1. The second-order valence-corrected chi connectivity index (χ2v) is 26.8. The number of furan rings is 1. The third-order valence-corrected chi connectivity index (χ3v) is 19.2. The second-order valence-electron chi connectivity index (χ2n) is 22.5. The molecule has 0 fully saturated rings. The predicted molar refractivity (Wildman–Crippen MR) is 285 cm³/mol. The normalized spacial score (nSPS) is 15.2. The molecular weight excluding hydrogens is 816 g/mol. The number of anilines is 2. The lowest BCUT2D eigenvalue weighted by Crippen LogP contribution is -2.50. The predicted octanol–water partition coefficient (Wildman–Crippen LogP) is 13.8. The van der Waals surface area contributed by atoms with E-state index < -0.39 is 8.07 Å². The summed E-state index contributed by atoms with van der Waals surface area (Å²) in [5, 5.41) is 12.2. The fraction of sp³-hybridized carbons (Fsp3) is 0.213. The van der Waals surface area contributed by atoms with Gasteiger partial charge in [-0.2, -0.15) is 0 Å². The van der Waals surface area contributed by atoms with Crippen LogP contribution in [-0.2, 0) is 16.2 Å².